The Morgan fingerprint density at radius 3 is 2.23 bits per heavy atom. The van der Waals surface area contributed by atoms with E-state index in [2.05, 4.69) is 20.0 Å². The van der Waals surface area contributed by atoms with Crippen LogP contribution in [-0.4, -0.2) is 34.4 Å². The highest BCUT2D eigenvalue weighted by Gasteiger charge is 2.04. The van der Waals surface area contributed by atoms with Crippen LogP contribution in [0.5, 0.6) is 5.88 Å². The van der Waals surface area contributed by atoms with E-state index in [1.54, 1.807) is 13.2 Å². The standard InChI is InChI=1S/C20H16N4O2/c1-26-20-9-7-18(24-20)12-16-5-3-14(22-16)10-13-2-4-15(21-13)11-17-6-8-19(25)23-17/h2-12,21,24H,1H3/b13-10+,15-11+,16-12+. The molecular weight excluding hydrogens is 328 g/mol. The topological polar surface area (TPSA) is 82.6 Å². The maximum Gasteiger partial charge on any atom is 0.270 e. The van der Waals surface area contributed by atoms with Crippen molar-refractivity contribution in [3.63, 3.8) is 0 Å². The van der Waals surface area contributed by atoms with Gasteiger partial charge in [0.25, 0.3) is 5.91 Å². The van der Waals surface area contributed by atoms with E-state index < -0.39 is 0 Å². The maximum atomic E-state index is 11.1. The van der Waals surface area contributed by atoms with Crippen LogP contribution >= 0.6 is 0 Å². The second-order valence-corrected chi connectivity index (χ2v) is 5.79. The summed E-state index contributed by atoms with van der Waals surface area (Å²) in [5.41, 5.74) is 3.30. The molecule has 2 aromatic heterocycles. The lowest BCUT2D eigenvalue weighted by Crippen LogP contribution is -2.12. The second kappa shape index (κ2) is 6.68. The molecule has 4 rings (SSSR count). The number of hydrogen-bond acceptors (Lipinski definition) is 3. The Bertz CT molecular complexity index is 1140. The monoisotopic (exact) mass is 344 g/mol. The van der Waals surface area contributed by atoms with Gasteiger partial charge in [-0.15, -0.1) is 0 Å². The van der Waals surface area contributed by atoms with Crippen LogP contribution in [0.25, 0.3) is 18.2 Å². The quantitative estimate of drug-likeness (QED) is 0.881. The lowest BCUT2D eigenvalue weighted by Gasteiger charge is -1.92. The zero-order valence-electron chi connectivity index (χ0n) is 14.1. The number of nitrogens with zero attached hydrogens (tertiary/aromatic N) is 2. The number of rotatable bonds is 4. The van der Waals surface area contributed by atoms with Gasteiger partial charge in [-0.1, -0.05) is 0 Å². The van der Waals surface area contributed by atoms with Crippen molar-refractivity contribution >= 4 is 35.6 Å². The lowest BCUT2D eigenvalue weighted by molar-refractivity contribution is -0.113. The highest BCUT2D eigenvalue weighted by molar-refractivity contribution is 6.26. The normalized spacial score (nSPS) is 19.0. The third-order valence-corrected chi connectivity index (χ3v) is 3.86. The molecule has 0 atom stereocenters. The molecule has 2 aliphatic heterocycles. The van der Waals surface area contributed by atoms with Gasteiger partial charge in [-0.25, -0.2) is 9.98 Å². The summed E-state index contributed by atoms with van der Waals surface area (Å²) >= 11 is 0. The average Bonchev–Trinajstić information content (AvgIpc) is 3.39. The first kappa shape index (κ1) is 15.8. The summed E-state index contributed by atoms with van der Waals surface area (Å²) in [6.45, 7) is 0. The molecule has 6 heteroatoms. The first-order valence-electron chi connectivity index (χ1n) is 8.09. The number of H-pyrrole nitrogens is 2. The van der Waals surface area contributed by atoms with Gasteiger partial charge in [0.1, 0.15) is 0 Å². The van der Waals surface area contributed by atoms with E-state index in [1.165, 1.54) is 6.08 Å². The van der Waals surface area contributed by atoms with E-state index in [-0.39, 0.29) is 5.91 Å². The summed E-state index contributed by atoms with van der Waals surface area (Å²) in [7, 11) is 1.62. The Kier molecular flexibility index (Phi) is 4.07. The van der Waals surface area contributed by atoms with Crippen molar-refractivity contribution in [2.45, 2.75) is 0 Å². The minimum atomic E-state index is -0.223. The second-order valence-electron chi connectivity index (χ2n) is 5.79. The van der Waals surface area contributed by atoms with Crippen LogP contribution in [0, 0.1) is 0 Å². The predicted molar refractivity (Wildman–Crippen MR) is 102 cm³/mol. The Morgan fingerprint density at radius 1 is 0.846 bits per heavy atom. The molecule has 0 aromatic carbocycles. The average molecular weight is 344 g/mol. The summed E-state index contributed by atoms with van der Waals surface area (Å²) in [5.74, 6) is 0.493. The fraction of sp³-hybridized carbons (Fsp3) is 0.0500. The number of aromatic nitrogens is 2. The minimum Gasteiger partial charge on any atom is -0.482 e. The molecule has 0 saturated heterocycles. The molecule has 0 unspecified atom stereocenters. The van der Waals surface area contributed by atoms with Crippen molar-refractivity contribution in [3.05, 3.63) is 70.7 Å². The van der Waals surface area contributed by atoms with Gasteiger partial charge in [0.05, 0.1) is 24.2 Å². The van der Waals surface area contributed by atoms with Crippen molar-refractivity contribution in [1.29, 1.82) is 0 Å². The van der Waals surface area contributed by atoms with Crippen molar-refractivity contribution in [2.24, 2.45) is 9.98 Å². The molecule has 0 aliphatic carbocycles. The molecule has 6 nitrogen and oxygen atoms in total. The summed E-state index contributed by atoms with van der Waals surface area (Å²) in [6.07, 6.45) is 12.8. The molecule has 26 heavy (non-hydrogen) atoms. The van der Waals surface area contributed by atoms with Gasteiger partial charge in [-0.05, 0) is 54.7 Å². The van der Waals surface area contributed by atoms with Crippen LogP contribution in [0.15, 0.2) is 64.3 Å². The molecule has 0 bridgehead atoms. The summed E-state index contributed by atoms with van der Waals surface area (Å²) < 4.78 is 5.13. The van der Waals surface area contributed by atoms with E-state index in [0.717, 1.165) is 27.8 Å². The molecule has 128 valence electrons. The Labute approximate surface area is 149 Å². The minimum absolute atomic E-state index is 0.223. The summed E-state index contributed by atoms with van der Waals surface area (Å²) in [5, 5.41) is 1.81. The molecular formula is C20H16N4O2. The number of ether oxygens (including phenoxy) is 1. The number of nitrogens with one attached hydrogen (secondary N) is 2. The zero-order chi connectivity index (χ0) is 17.9. The number of carbonyl (C=O) groups is 1. The first-order valence-corrected chi connectivity index (χ1v) is 8.09. The van der Waals surface area contributed by atoms with E-state index in [1.807, 2.05) is 54.6 Å². The van der Waals surface area contributed by atoms with Gasteiger partial charge >= 0.3 is 0 Å². The Hall–Kier alpha value is -3.67. The van der Waals surface area contributed by atoms with Gasteiger partial charge in [0.2, 0.25) is 0 Å². The van der Waals surface area contributed by atoms with Gasteiger partial charge < -0.3 is 14.7 Å². The van der Waals surface area contributed by atoms with E-state index >= 15 is 0 Å². The molecule has 2 N–H and O–H groups in total. The van der Waals surface area contributed by atoms with Gasteiger partial charge in [0, 0.05) is 28.5 Å². The van der Waals surface area contributed by atoms with Crippen LogP contribution in [-0.2, 0) is 4.79 Å². The largest absolute Gasteiger partial charge is 0.482 e. The van der Waals surface area contributed by atoms with Crippen LogP contribution in [0.1, 0.15) is 5.69 Å². The maximum absolute atomic E-state index is 11.1. The SMILES string of the molecule is COc1ccc(/C=C2\C=CC(/C=c3\cc/c(=C\C4=NC(=O)C=C4)[nH]3)=N2)[nH]1. The molecule has 0 fully saturated rings. The number of allylic oxidation sites excluding steroid dienone is 3. The van der Waals surface area contributed by atoms with Crippen LogP contribution in [0.4, 0.5) is 0 Å². The van der Waals surface area contributed by atoms with Crippen molar-refractivity contribution in [1.82, 2.24) is 9.97 Å². The predicted octanol–water partition coefficient (Wildman–Crippen LogP) is 1.50. The van der Waals surface area contributed by atoms with Crippen LogP contribution < -0.4 is 15.4 Å². The first-order chi connectivity index (χ1) is 12.7. The molecule has 0 radical (unpaired) electrons. The van der Waals surface area contributed by atoms with E-state index in [4.69, 9.17) is 4.74 Å². The highest BCUT2D eigenvalue weighted by atomic mass is 16.5. The molecule has 2 aliphatic rings. The van der Waals surface area contributed by atoms with Gasteiger partial charge in [-0.2, -0.15) is 0 Å². The van der Waals surface area contributed by atoms with Crippen molar-refractivity contribution < 1.29 is 9.53 Å². The number of aliphatic imine (C=N–C) groups is 2. The van der Waals surface area contributed by atoms with Crippen molar-refractivity contribution in [2.75, 3.05) is 7.11 Å². The number of aromatic amines is 2. The highest BCUT2D eigenvalue weighted by Crippen LogP contribution is 2.16. The van der Waals surface area contributed by atoms with Crippen molar-refractivity contribution in [3.8, 4) is 5.88 Å². The smallest absolute Gasteiger partial charge is 0.270 e. The summed E-state index contributed by atoms with van der Waals surface area (Å²) in [6, 6.07) is 7.71. The van der Waals surface area contributed by atoms with Crippen LogP contribution in [0.2, 0.25) is 0 Å². The van der Waals surface area contributed by atoms with Gasteiger partial charge in [0.15, 0.2) is 5.88 Å². The Morgan fingerprint density at radius 2 is 1.58 bits per heavy atom. The molecule has 0 saturated carbocycles. The van der Waals surface area contributed by atoms with E-state index in [9.17, 15) is 4.79 Å². The number of hydrogen-bond donors (Lipinski definition) is 2. The summed E-state index contributed by atoms with van der Waals surface area (Å²) in [4.78, 5) is 26.0. The number of methoxy groups -OCH3 is 1. The number of amides is 1. The lowest BCUT2D eigenvalue weighted by atomic mass is 10.3. The molecule has 4 heterocycles. The fourth-order valence-corrected chi connectivity index (χ4v) is 2.66. The molecule has 2 aromatic rings. The van der Waals surface area contributed by atoms with Gasteiger partial charge in [-0.3, -0.25) is 4.79 Å². The third-order valence-electron chi connectivity index (χ3n) is 3.86. The number of carbonyl (C=O) groups excluding carboxylic acids is 1. The molecule has 0 spiro atoms. The van der Waals surface area contributed by atoms with Crippen LogP contribution in [0.3, 0.4) is 0 Å². The fourth-order valence-electron chi connectivity index (χ4n) is 2.66. The van der Waals surface area contributed by atoms with E-state index in [0.29, 0.717) is 11.6 Å². The molecule has 1 amide bonds. The zero-order valence-corrected chi connectivity index (χ0v) is 14.1. The Balaban J connectivity index is 1.55. The third kappa shape index (κ3) is 3.54.